The second-order valence-corrected chi connectivity index (χ2v) is 6.43. The van der Waals surface area contributed by atoms with Gasteiger partial charge in [-0.05, 0) is 28.5 Å². The minimum absolute atomic E-state index is 0.0871. The van der Waals surface area contributed by atoms with Crippen LogP contribution in [0.1, 0.15) is 26.4 Å². The number of anilines is 1. The Labute approximate surface area is 170 Å². The monoisotopic (exact) mass is 403 g/mol. The zero-order valence-electron chi connectivity index (χ0n) is 15.9. The Hall–Kier alpha value is -4.27. The number of pyridine rings is 1. The highest BCUT2D eigenvalue weighted by molar-refractivity contribution is 6.14. The molecule has 0 spiro atoms. The number of ether oxygens (including phenoxy) is 1. The second kappa shape index (κ2) is 8.00. The van der Waals surface area contributed by atoms with Crippen LogP contribution in [0.4, 0.5) is 5.69 Å². The summed E-state index contributed by atoms with van der Waals surface area (Å²) >= 11 is 0. The van der Waals surface area contributed by atoms with Crippen LogP contribution in [-0.4, -0.2) is 44.1 Å². The van der Waals surface area contributed by atoms with E-state index in [4.69, 9.17) is 4.74 Å². The van der Waals surface area contributed by atoms with Gasteiger partial charge in [-0.25, -0.2) is 14.5 Å². The molecule has 150 valence electrons. The molecule has 0 aliphatic rings. The van der Waals surface area contributed by atoms with Crippen LogP contribution in [0.15, 0.2) is 60.9 Å². The molecule has 2 N–H and O–H groups in total. The minimum atomic E-state index is -1.27. The molecule has 2 aromatic heterocycles. The van der Waals surface area contributed by atoms with Crippen LogP contribution in [-0.2, 0) is 6.54 Å². The Kier molecular flexibility index (Phi) is 5.08. The summed E-state index contributed by atoms with van der Waals surface area (Å²) in [6.45, 7) is 0.508. The zero-order chi connectivity index (χ0) is 21.1. The molecule has 2 heterocycles. The van der Waals surface area contributed by atoms with Crippen molar-refractivity contribution >= 4 is 28.3 Å². The lowest BCUT2D eigenvalue weighted by molar-refractivity contribution is 0.0690. The van der Waals surface area contributed by atoms with Gasteiger partial charge in [-0.15, -0.1) is 5.10 Å². The molecule has 4 aromatic rings. The predicted molar refractivity (Wildman–Crippen MR) is 109 cm³/mol. The summed E-state index contributed by atoms with van der Waals surface area (Å²) in [5.41, 5.74) is 1.18. The number of carboxylic acids is 1. The number of amides is 1. The van der Waals surface area contributed by atoms with E-state index >= 15 is 0 Å². The number of methoxy groups -OCH3 is 1. The summed E-state index contributed by atoms with van der Waals surface area (Å²) < 4.78 is 6.66. The van der Waals surface area contributed by atoms with Gasteiger partial charge in [0.2, 0.25) is 5.88 Å². The normalized spacial score (nSPS) is 10.7. The molecule has 0 radical (unpaired) electrons. The standard InChI is InChI=1S/C21H17N5O4/c1-30-18-9-8-17(19(24-18)21(28)29)23-20(27)16-7-6-13(12-26-11-10-22-25-26)14-4-2-3-5-15(14)16/h2-11H,12H2,1H3,(H,23,27)(H,28,29). The molecule has 1 amide bonds. The maximum Gasteiger partial charge on any atom is 0.356 e. The van der Waals surface area contributed by atoms with E-state index in [2.05, 4.69) is 20.6 Å². The number of aromatic nitrogens is 4. The fourth-order valence-electron chi connectivity index (χ4n) is 3.20. The van der Waals surface area contributed by atoms with Crippen LogP contribution >= 0.6 is 0 Å². The minimum Gasteiger partial charge on any atom is -0.481 e. The Morgan fingerprint density at radius 2 is 1.90 bits per heavy atom. The molecule has 0 bridgehead atoms. The van der Waals surface area contributed by atoms with E-state index in [1.54, 1.807) is 23.1 Å². The van der Waals surface area contributed by atoms with Crippen molar-refractivity contribution in [2.24, 2.45) is 0 Å². The van der Waals surface area contributed by atoms with Crippen LogP contribution in [0, 0.1) is 0 Å². The highest BCUT2D eigenvalue weighted by atomic mass is 16.5. The Bertz CT molecular complexity index is 1240. The first-order chi connectivity index (χ1) is 14.6. The van der Waals surface area contributed by atoms with Crippen LogP contribution in [0.5, 0.6) is 5.88 Å². The van der Waals surface area contributed by atoms with Crippen LogP contribution in [0.25, 0.3) is 10.8 Å². The van der Waals surface area contributed by atoms with Crippen molar-refractivity contribution in [3.8, 4) is 5.88 Å². The van der Waals surface area contributed by atoms with Crippen molar-refractivity contribution < 1.29 is 19.4 Å². The average Bonchev–Trinajstić information content (AvgIpc) is 3.27. The summed E-state index contributed by atoms with van der Waals surface area (Å²) in [5, 5.41) is 21.5. The molecule has 4 rings (SSSR count). The van der Waals surface area contributed by atoms with Crippen molar-refractivity contribution in [2.75, 3.05) is 12.4 Å². The second-order valence-electron chi connectivity index (χ2n) is 6.43. The Morgan fingerprint density at radius 3 is 2.60 bits per heavy atom. The zero-order valence-corrected chi connectivity index (χ0v) is 15.9. The fourth-order valence-corrected chi connectivity index (χ4v) is 3.20. The van der Waals surface area contributed by atoms with Gasteiger partial charge in [0.05, 0.1) is 25.5 Å². The molecule has 0 saturated heterocycles. The first kappa shape index (κ1) is 19.1. The van der Waals surface area contributed by atoms with Crippen molar-refractivity contribution in [3.05, 3.63) is 77.7 Å². The predicted octanol–water partition coefficient (Wildman–Crippen LogP) is 2.83. The van der Waals surface area contributed by atoms with Crippen molar-refractivity contribution in [3.63, 3.8) is 0 Å². The van der Waals surface area contributed by atoms with E-state index in [0.29, 0.717) is 12.1 Å². The Morgan fingerprint density at radius 1 is 1.10 bits per heavy atom. The third-order valence-corrected chi connectivity index (χ3v) is 4.59. The summed E-state index contributed by atoms with van der Waals surface area (Å²) in [5.74, 6) is -1.56. The largest absolute Gasteiger partial charge is 0.481 e. The quantitative estimate of drug-likeness (QED) is 0.508. The van der Waals surface area contributed by atoms with Gasteiger partial charge in [-0.2, -0.15) is 0 Å². The lowest BCUT2D eigenvalue weighted by Crippen LogP contribution is -2.16. The number of aromatic carboxylic acids is 1. The number of carbonyl (C=O) groups excluding carboxylic acids is 1. The maximum atomic E-state index is 13.0. The van der Waals surface area contributed by atoms with Crippen molar-refractivity contribution in [2.45, 2.75) is 6.54 Å². The number of nitrogens with one attached hydrogen (secondary N) is 1. The van der Waals surface area contributed by atoms with Gasteiger partial charge in [0, 0.05) is 17.8 Å². The molecule has 30 heavy (non-hydrogen) atoms. The van der Waals surface area contributed by atoms with Crippen LogP contribution < -0.4 is 10.1 Å². The number of nitrogens with zero attached hydrogens (tertiary/aromatic N) is 4. The molecular weight excluding hydrogens is 386 g/mol. The Balaban J connectivity index is 1.70. The SMILES string of the molecule is COc1ccc(NC(=O)c2ccc(Cn3ccnn3)c3ccccc23)c(C(=O)O)n1. The van der Waals surface area contributed by atoms with Gasteiger partial charge in [0.15, 0.2) is 5.69 Å². The molecule has 2 aromatic carbocycles. The van der Waals surface area contributed by atoms with Crippen LogP contribution in [0.3, 0.4) is 0 Å². The molecule has 0 aliphatic heterocycles. The van der Waals surface area contributed by atoms with Gasteiger partial charge in [-0.3, -0.25) is 4.79 Å². The number of hydrogen-bond acceptors (Lipinski definition) is 6. The molecule has 0 fully saturated rings. The van der Waals surface area contributed by atoms with Gasteiger partial charge < -0.3 is 15.2 Å². The number of fused-ring (bicyclic) bond motifs is 1. The van der Waals surface area contributed by atoms with Crippen molar-refractivity contribution in [1.82, 2.24) is 20.0 Å². The highest BCUT2D eigenvalue weighted by Crippen LogP contribution is 2.25. The summed E-state index contributed by atoms with van der Waals surface area (Å²) in [4.78, 5) is 28.4. The summed E-state index contributed by atoms with van der Waals surface area (Å²) in [7, 11) is 1.39. The van der Waals surface area contributed by atoms with Gasteiger partial charge in [-0.1, -0.05) is 35.5 Å². The molecule has 9 nitrogen and oxygen atoms in total. The number of rotatable bonds is 6. The smallest absolute Gasteiger partial charge is 0.356 e. The van der Waals surface area contributed by atoms with E-state index in [1.807, 2.05) is 30.3 Å². The number of carbonyl (C=O) groups is 2. The lowest BCUT2D eigenvalue weighted by atomic mass is 9.99. The highest BCUT2D eigenvalue weighted by Gasteiger charge is 2.18. The number of hydrogen-bond donors (Lipinski definition) is 2. The average molecular weight is 403 g/mol. The van der Waals surface area contributed by atoms with Gasteiger partial charge in [0.25, 0.3) is 5.91 Å². The van der Waals surface area contributed by atoms with Crippen LogP contribution in [0.2, 0.25) is 0 Å². The van der Waals surface area contributed by atoms with E-state index in [0.717, 1.165) is 16.3 Å². The molecule has 0 unspecified atom stereocenters. The van der Waals surface area contributed by atoms with E-state index in [1.165, 1.54) is 19.2 Å². The summed E-state index contributed by atoms with van der Waals surface area (Å²) in [6, 6.07) is 14.0. The summed E-state index contributed by atoms with van der Waals surface area (Å²) in [6.07, 6.45) is 3.37. The topological polar surface area (TPSA) is 119 Å². The third-order valence-electron chi connectivity index (χ3n) is 4.59. The number of benzene rings is 2. The molecule has 0 saturated carbocycles. The number of carboxylic acid groups (broad SMARTS) is 1. The van der Waals surface area contributed by atoms with E-state index < -0.39 is 11.9 Å². The van der Waals surface area contributed by atoms with E-state index in [9.17, 15) is 14.7 Å². The lowest BCUT2D eigenvalue weighted by Gasteiger charge is -2.13. The van der Waals surface area contributed by atoms with Gasteiger partial charge in [0.1, 0.15) is 0 Å². The first-order valence-electron chi connectivity index (χ1n) is 9.01. The first-order valence-corrected chi connectivity index (χ1v) is 9.01. The van der Waals surface area contributed by atoms with Gasteiger partial charge >= 0.3 is 5.97 Å². The third kappa shape index (κ3) is 3.68. The fraction of sp³-hybridized carbons (Fsp3) is 0.0952. The molecule has 9 heteroatoms. The molecule has 0 aliphatic carbocycles. The maximum absolute atomic E-state index is 13.0. The molecule has 0 atom stereocenters. The molecular formula is C21H17N5O4. The van der Waals surface area contributed by atoms with Crippen molar-refractivity contribution in [1.29, 1.82) is 0 Å². The van der Waals surface area contributed by atoms with E-state index in [-0.39, 0.29) is 17.3 Å².